The molecule has 0 bridgehead atoms. The highest BCUT2D eigenvalue weighted by Gasteiger charge is 2.43. The van der Waals surface area contributed by atoms with Crippen LogP contribution in [0.2, 0.25) is 0 Å². The number of para-hydroxylation sites is 5. The predicted octanol–water partition coefficient (Wildman–Crippen LogP) is 12.3. The quantitative estimate of drug-likeness (QED) is 0.00715. The number of anilines is 2. The van der Waals surface area contributed by atoms with Gasteiger partial charge in [0.15, 0.2) is 28.7 Å². The molecule has 0 radical (unpaired) electrons. The fourth-order valence-corrected chi connectivity index (χ4v) is 16.9. The molecule has 9 aromatic rings. The topological polar surface area (TPSA) is 400 Å². The van der Waals surface area contributed by atoms with Crippen LogP contribution in [0.1, 0.15) is 185 Å². The molecule has 5 aliphatic heterocycles. The first-order valence-corrected chi connectivity index (χ1v) is 46.0. The molecule has 35 heteroatoms. The van der Waals surface area contributed by atoms with Crippen molar-refractivity contribution >= 4 is 91.0 Å². The maximum absolute atomic E-state index is 13.0. The van der Waals surface area contributed by atoms with Gasteiger partial charge in [-0.2, -0.15) is 4.57 Å². The molecule has 136 heavy (non-hydrogen) atoms. The number of hydrogen-bond acceptors (Lipinski definition) is 28. The lowest BCUT2D eigenvalue weighted by Gasteiger charge is -2.29. The number of benzene rings is 4. The number of aromatic nitrogens is 8. The van der Waals surface area contributed by atoms with Crippen molar-refractivity contribution in [2.75, 3.05) is 78.3 Å². The van der Waals surface area contributed by atoms with Gasteiger partial charge in [0.05, 0.1) is 22.7 Å². The minimum Gasteiger partial charge on any atom is -0.507 e. The van der Waals surface area contributed by atoms with Crippen LogP contribution >= 0.6 is 11.3 Å². The zero-order valence-corrected chi connectivity index (χ0v) is 82.8. The molecule has 0 aliphatic carbocycles. The van der Waals surface area contributed by atoms with Gasteiger partial charge in [0.1, 0.15) is 39.8 Å². The molecule has 4 N–H and O–H groups in total. The predicted molar refractivity (Wildman–Crippen MR) is 526 cm³/mol. The third-order valence-electron chi connectivity index (χ3n) is 23.1. The Morgan fingerprint density at radius 1 is 0.566 bits per heavy atom. The van der Waals surface area contributed by atoms with E-state index in [1.807, 2.05) is 91.5 Å². The fraction of sp³-hybridized carbons (Fsp3) is 0.416. The highest BCUT2D eigenvalue weighted by molar-refractivity contribution is 7.21. The van der Waals surface area contributed by atoms with E-state index in [4.69, 9.17) is 13.9 Å². The molecule has 3 saturated heterocycles. The maximum atomic E-state index is 13.0. The molecule has 5 aliphatic rings. The Balaban J connectivity index is 0.000000196. The number of likely N-dealkylation sites (N-methyl/N-ethyl adjacent to an activating group) is 2. The lowest BCUT2D eigenvalue weighted by Crippen LogP contribution is -2.42. The summed E-state index contributed by atoms with van der Waals surface area (Å²) in [7, 11) is 15.8. The SMILES string of the molecule is CC(=O)CC(=O)/C=C1/N(C)c2ccccc2C1(C)C.CCCCCn1c(=O)c(-c2nc3ccccc3s2)c(O)n(CCC)c1=O.CCN1/C(=C/C(C)=O)C(C)(C)c2ccccc21.CC[n+]1c(/C=C/N2CCCCC2)oc2ccccc21.CN(C)/C=C/C(=O)c1c(O)n(C)c(=O)n(C)c1=O.CN(C)/C=C/C(O)=C1C(=O)OC(C)(C)OC1=O.CN1CCC/C1=C\C(=O)c1c(O)n(C)c(=O)n(C)c1=O. The number of piperidine rings is 1. The van der Waals surface area contributed by atoms with E-state index < -0.39 is 91.7 Å². The number of carbonyl (C=O) groups is 7. The molecular weight excluding hydrogens is 1760 g/mol. The Labute approximate surface area is 794 Å². The first-order chi connectivity index (χ1) is 64.1. The van der Waals surface area contributed by atoms with E-state index in [0.717, 1.165) is 121 Å². The lowest BCUT2D eigenvalue weighted by molar-refractivity contribution is -0.674. The molecule has 5 aromatic heterocycles. The van der Waals surface area contributed by atoms with Crippen molar-refractivity contribution in [2.45, 2.75) is 184 Å². The number of unbranched alkanes of at least 4 members (excludes halogenated alkanes) is 2. The Bertz CT molecular complexity index is 6530. The smallest absolute Gasteiger partial charge is 0.375 e. The average molecular weight is 1890 g/mol. The Kier molecular flexibility index (Phi) is 37.1. The second-order valence-corrected chi connectivity index (χ2v) is 36.2. The zero-order valence-electron chi connectivity index (χ0n) is 81.9. The molecule has 0 unspecified atom stereocenters. The number of aromatic hydroxyl groups is 3. The summed E-state index contributed by atoms with van der Waals surface area (Å²) >= 11 is 1.35. The van der Waals surface area contributed by atoms with Crippen molar-refractivity contribution in [2.24, 2.45) is 28.2 Å². The lowest BCUT2D eigenvalue weighted by atomic mass is 9.83. The summed E-state index contributed by atoms with van der Waals surface area (Å²) in [6.07, 6.45) is 23.4. The number of aliphatic hydroxyl groups is 1. The van der Waals surface area contributed by atoms with Crippen LogP contribution < -0.4 is 48.1 Å². The molecule has 34 nitrogen and oxygen atoms in total. The molecular formula is C101H129N14O20S+. The molecule has 4 aromatic carbocycles. The van der Waals surface area contributed by atoms with Gasteiger partial charge in [0.2, 0.25) is 23.2 Å². The number of oxazole rings is 1. The monoisotopic (exact) mass is 1890 g/mol. The number of allylic oxidation sites excluding steroid dienone is 8. The number of rotatable bonds is 22. The summed E-state index contributed by atoms with van der Waals surface area (Å²) < 4.78 is 24.6. The van der Waals surface area contributed by atoms with Gasteiger partial charge in [-0.25, -0.2) is 29.0 Å². The number of ether oxygens (including phenoxy) is 2. The number of esters is 2. The maximum Gasteiger partial charge on any atom is 0.375 e. The van der Waals surface area contributed by atoms with E-state index in [9.17, 15) is 82.8 Å². The number of ketones is 5. The van der Waals surface area contributed by atoms with E-state index in [2.05, 4.69) is 116 Å². The fourth-order valence-electron chi connectivity index (χ4n) is 15.9. The van der Waals surface area contributed by atoms with E-state index >= 15 is 0 Å². The van der Waals surface area contributed by atoms with Crippen LogP contribution in [0.25, 0.3) is 38.0 Å². The van der Waals surface area contributed by atoms with Crippen LogP contribution in [0.15, 0.2) is 208 Å². The van der Waals surface area contributed by atoms with Crippen LogP contribution in [-0.4, -0.2) is 188 Å². The third-order valence-corrected chi connectivity index (χ3v) is 24.2. The number of thiazole rings is 1. The van der Waals surface area contributed by atoms with Crippen molar-refractivity contribution in [3.8, 4) is 28.2 Å². The first-order valence-electron chi connectivity index (χ1n) is 45.1. The highest BCUT2D eigenvalue weighted by atomic mass is 32.1. The van der Waals surface area contributed by atoms with Gasteiger partial charge >= 0.3 is 34.9 Å². The first kappa shape index (κ1) is 107. The number of fused-ring (bicyclic) bond motifs is 4. The summed E-state index contributed by atoms with van der Waals surface area (Å²) in [5, 5.41) is 40.3. The Morgan fingerprint density at radius 3 is 1.65 bits per heavy atom. The summed E-state index contributed by atoms with van der Waals surface area (Å²) in [6.45, 7) is 28.5. The molecule has 728 valence electrons. The van der Waals surface area contributed by atoms with Gasteiger partial charge in [-0.05, 0) is 120 Å². The molecule has 0 saturated carbocycles. The van der Waals surface area contributed by atoms with Gasteiger partial charge in [-0.3, -0.25) is 65.8 Å². The number of aryl methyl sites for hydroxylation is 1. The Morgan fingerprint density at radius 2 is 1.11 bits per heavy atom. The molecule has 0 atom stereocenters. The third kappa shape index (κ3) is 25.6. The van der Waals surface area contributed by atoms with Crippen molar-refractivity contribution in [3.05, 3.63) is 265 Å². The summed E-state index contributed by atoms with van der Waals surface area (Å²) in [5.41, 5.74) is 5.30. The largest absolute Gasteiger partial charge is 0.507 e. The number of carbonyl (C=O) groups excluding carboxylic acids is 7. The van der Waals surface area contributed by atoms with Crippen molar-refractivity contribution in [1.82, 2.24) is 52.0 Å². The van der Waals surface area contributed by atoms with E-state index in [1.54, 1.807) is 57.1 Å². The number of hydrogen-bond donors (Lipinski definition) is 4. The van der Waals surface area contributed by atoms with Crippen LogP contribution in [0.3, 0.4) is 0 Å². The minimum atomic E-state index is -1.30. The zero-order chi connectivity index (χ0) is 101. The normalized spacial score (nSPS) is 15.8. The molecule has 14 rings (SSSR count). The van der Waals surface area contributed by atoms with Crippen molar-refractivity contribution < 1.29 is 72.4 Å². The highest BCUT2D eigenvalue weighted by Crippen LogP contribution is 2.48. The average Bonchev–Trinajstić information content (AvgIpc) is 1.59. The number of aliphatic hydroxyl groups excluding tert-OH is 1. The van der Waals surface area contributed by atoms with Gasteiger partial charge in [0.25, 0.3) is 28.0 Å². The summed E-state index contributed by atoms with van der Waals surface area (Å²) in [4.78, 5) is 170. The van der Waals surface area contributed by atoms with Crippen LogP contribution in [0, 0.1) is 0 Å². The van der Waals surface area contributed by atoms with Crippen molar-refractivity contribution in [1.29, 1.82) is 0 Å². The van der Waals surface area contributed by atoms with E-state index in [0.29, 0.717) is 24.5 Å². The standard InChI is InChI=1S/C19H23N3O3S.C16H21N2O.C16H19NO2.C15H19NO.C13H17N3O4.C11H15N3O4.C11H15NO5/c1-3-5-8-12-22-18(24)15(17(23)21(11-4-2)19(22)25)16-20-13-9-6-7-10-14(13)26-16;1-2-18-14-8-4-5-9-15(14)19-16(18)10-13-17-11-6-3-7-12-17;1-11(18)9-12(19)10-15-16(2,3)13-7-5-6-8-14(13)17(15)4;1-5-16-13-9-7-6-8-12(13)15(3,4)14(16)10-11(2)17;1-14-6-4-5-8(14)7-9(17)10-11(18)15(2)13(20)16(3)12(10)19;1-12(2)6-5-7(15)8-9(16)13(3)11(18)14(4)10(8)17;1-11(2)16-9(14)8(10(15)17-11)7(13)5-6-12(3)4/h6-7,9-10,23H,3-5,8,11-12H2,1-2H3;4-5,8-10,13H,2-3,6-7,11-12H2,1H3;5-8,10H,9H2,1-4H3;6-10H,5H2,1-4H3;7,18H,4-6H2,1-3H3;5-6,16H,1-4H3;5-6,13H,1-4H3/q;+1;;;;;/b;;15-10+;14-10+;8-7+;2*6-5+. The van der Waals surface area contributed by atoms with E-state index in [-0.39, 0.29) is 51.6 Å². The summed E-state index contributed by atoms with van der Waals surface area (Å²) in [6, 6.07) is 32.3. The van der Waals surface area contributed by atoms with Gasteiger partial charge in [0, 0.05) is 212 Å². The summed E-state index contributed by atoms with van der Waals surface area (Å²) in [5.74, 6) is -5.50. The number of nitrogens with zero attached hydrogens (tertiary/aromatic N) is 14. The van der Waals surface area contributed by atoms with Crippen LogP contribution in [0.5, 0.6) is 17.6 Å². The van der Waals surface area contributed by atoms with Gasteiger partial charge in [-0.15, -0.1) is 11.3 Å². The molecule has 0 amide bonds. The van der Waals surface area contributed by atoms with Crippen LogP contribution in [-0.2, 0) is 92.1 Å². The second kappa shape index (κ2) is 47.1. The number of likely N-dealkylation sites (tertiary alicyclic amines) is 2. The van der Waals surface area contributed by atoms with E-state index in [1.165, 1.54) is 149 Å². The number of Topliss-reactive ketones (excluding diaryl/α,β-unsaturated/α-hetero) is 1. The molecule has 0 spiro atoms. The number of cyclic esters (lactones) is 2. The van der Waals surface area contributed by atoms with Gasteiger partial charge in [-0.1, -0.05) is 115 Å². The molecule has 3 fully saturated rings. The minimum absolute atomic E-state index is 0.0240. The van der Waals surface area contributed by atoms with Crippen LogP contribution in [0.4, 0.5) is 11.4 Å². The van der Waals surface area contributed by atoms with Crippen molar-refractivity contribution in [3.63, 3.8) is 0 Å². The Hall–Kier alpha value is -14.2. The second-order valence-electron chi connectivity index (χ2n) is 35.1. The molecule has 10 heterocycles. The van der Waals surface area contributed by atoms with Gasteiger partial charge < -0.3 is 63.7 Å².